The molecule has 0 aromatic carbocycles. The van der Waals surface area contributed by atoms with Crippen molar-refractivity contribution in [1.29, 1.82) is 0 Å². The summed E-state index contributed by atoms with van der Waals surface area (Å²) in [4.78, 5) is 11.4. The Kier molecular flexibility index (Phi) is 3.55. The van der Waals surface area contributed by atoms with Gasteiger partial charge in [-0.25, -0.2) is 9.48 Å². The number of hydrogen-bond donors (Lipinski definition) is 2. The van der Waals surface area contributed by atoms with E-state index in [9.17, 15) is 9.90 Å². The van der Waals surface area contributed by atoms with Gasteiger partial charge in [-0.1, -0.05) is 5.21 Å². The number of halogens is 1. The lowest BCUT2D eigenvalue weighted by molar-refractivity contribution is 0.0690. The van der Waals surface area contributed by atoms with Gasteiger partial charge in [0.25, 0.3) is 0 Å². The summed E-state index contributed by atoms with van der Waals surface area (Å²) in [5.41, 5.74) is -0.135. The van der Waals surface area contributed by atoms with Crippen molar-refractivity contribution in [2.24, 2.45) is 0 Å². The lowest BCUT2D eigenvalue weighted by Gasteiger charge is -2.07. The molecule has 2 aromatic heterocycles. The van der Waals surface area contributed by atoms with Gasteiger partial charge >= 0.3 is 5.97 Å². The molecule has 2 rings (SSSR count). The molecule has 0 aliphatic heterocycles. The Hall–Kier alpha value is -1.25. The van der Waals surface area contributed by atoms with Gasteiger partial charge in [-0.05, 0) is 28.1 Å². The standard InChI is InChI=1S/C9H8BrN3O3S/c10-8-2-1-7(17-8)6(14)4-13-3-5(9(15)16)11-12-13/h1-3,6,14H,4H2,(H,15,16). The number of aliphatic hydroxyl groups is 1. The third-order valence-corrected chi connectivity index (χ3v) is 3.77. The molecule has 90 valence electrons. The van der Waals surface area contributed by atoms with Crippen LogP contribution in [0.15, 0.2) is 22.1 Å². The molecule has 0 radical (unpaired) electrons. The summed E-state index contributed by atoms with van der Waals surface area (Å²) in [7, 11) is 0. The van der Waals surface area contributed by atoms with E-state index in [-0.39, 0.29) is 12.2 Å². The van der Waals surface area contributed by atoms with E-state index in [1.54, 1.807) is 6.07 Å². The summed E-state index contributed by atoms with van der Waals surface area (Å²) in [6, 6.07) is 3.64. The van der Waals surface area contributed by atoms with Crippen molar-refractivity contribution in [2.75, 3.05) is 0 Å². The highest BCUT2D eigenvalue weighted by Crippen LogP contribution is 2.27. The number of thiophene rings is 1. The molecule has 2 heterocycles. The van der Waals surface area contributed by atoms with Crippen LogP contribution in [-0.4, -0.2) is 31.2 Å². The van der Waals surface area contributed by atoms with Crippen LogP contribution in [0.2, 0.25) is 0 Å². The fourth-order valence-electron chi connectivity index (χ4n) is 1.26. The molecule has 0 spiro atoms. The van der Waals surface area contributed by atoms with Crippen molar-refractivity contribution in [3.05, 3.63) is 32.7 Å². The van der Waals surface area contributed by atoms with Gasteiger partial charge in [0, 0.05) is 4.88 Å². The van der Waals surface area contributed by atoms with Gasteiger partial charge < -0.3 is 10.2 Å². The Morgan fingerprint density at radius 2 is 2.35 bits per heavy atom. The summed E-state index contributed by atoms with van der Waals surface area (Å²) < 4.78 is 2.23. The molecule has 17 heavy (non-hydrogen) atoms. The van der Waals surface area contributed by atoms with E-state index in [0.29, 0.717) is 0 Å². The van der Waals surface area contributed by atoms with E-state index in [4.69, 9.17) is 5.11 Å². The summed E-state index contributed by atoms with van der Waals surface area (Å²) in [5.74, 6) is -1.13. The van der Waals surface area contributed by atoms with Gasteiger partial charge in [-0.2, -0.15) is 0 Å². The normalized spacial score (nSPS) is 12.6. The zero-order chi connectivity index (χ0) is 12.4. The van der Waals surface area contributed by atoms with Crippen LogP contribution in [0.4, 0.5) is 0 Å². The van der Waals surface area contributed by atoms with Crippen molar-refractivity contribution >= 4 is 33.2 Å². The average Bonchev–Trinajstić information content (AvgIpc) is 2.86. The summed E-state index contributed by atoms with van der Waals surface area (Å²) in [6.07, 6.45) is 0.559. The first kappa shape index (κ1) is 12.2. The van der Waals surface area contributed by atoms with Crippen LogP contribution in [0.1, 0.15) is 21.5 Å². The van der Waals surface area contributed by atoms with Crippen molar-refractivity contribution in [1.82, 2.24) is 15.0 Å². The highest BCUT2D eigenvalue weighted by molar-refractivity contribution is 9.11. The number of aromatic nitrogens is 3. The quantitative estimate of drug-likeness (QED) is 0.892. The minimum Gasteiger partial charge on any atom is -0.476 e. The predicted molar refractivity (Wildman–Crippen MR) is 64.0 cm³/mol. The second-order valence-electron chi connectivity index (χ2n) is 3.29. The second-order valence-corrected chi connectivity index (χ2v) is 5.78. The van der Waals surface area contributed by atoms with Crippen LogP contribution in [0, 0.1) is 0 Å². The zero-order valence-corrected chi connectivity index (χ0v) is 10.8. The monoisotopic (exact) mass is 317 g/mol. The largest absolute Gasteiger partial charge is 0.476 e. The number of hydrogen-bond acceptors (Lipinski definition) is 5. The fourth-order valence-corrected chi connectivity index (χ4v) is 2.66. The van der Waals surface area contributed by atoms with Crippen LogP contribution in [-0.2, 0) is 6.54 Å². The molecule has 8 heteroatoms. The number of carboxylic acids is 1. The number of carboxylic acid groups (broad SMARTS) is 1. The van der Waals surface area contributed by atoms with Crippen LogP contribution in [0.3, 0.4) is 0 Å². The molecule has 2 N–H and O–H groups in total. The minimum atomic E-state index is -1.13. The Labute approximate surface area is 109 Å². The molecule has 0 fully saturated rings. The second kappa shape index (κ2) is 4.94. The van der Waals surface area contributed by atoms with E-state index in [1.807, 2.05) is 6.07 Å². The maximum Gasteiger partial charge on any atom is 0.358 e. The predicted octanol–water partition coefficient (Wildman–Crippen LogP) is 1.53. The van der Waals surface area contributed by atoms with Crippen LogP contribution in [0.5, 0.6) is 0 Å². The highest BCUT2D eigenvalue weighted by atomic mass is 79.9. The molecule has 1 unspecified atom stereocenters. The number of carbonyl (C=O) groups is 1. The van der Waals surface area contributed by atoms with E-state index in [0.717, 1.165) is 8.66 Å². The molecule has 0 aliphatic rings. The topological polar surface area (TPSA) is 88.2 Å². The number of nitrogens with zero attached hydrogens (tertiary/aromatic N) is 3. The van der Waals surface area contributed by atoms with Crippen LogP contribution in [0.25, 0.3) is 0 Å². The van der Waals surface area contributed by atoms with Crippen LogP contribution < -0.4 is 0 Å². The minimum absolute atomic E-state index is 0.135. The zero-order valence-electron chi connectivity index (χ0n) is 8.45. The third-order valence-electron chi connectivity index (χ3n) is 2.04. The maximum atomic E-state index is 10.6. The first-order valence-corrected chi connectivity index (χ1v) is 6.24. The molecule has 0 saturated heterocycles. The summed E-state index contributed by atoms with van der Waals surface area (Å²) in [5, 5.41) is 25.7. The Morgan fingerprint density at radius 3 is 2.88 bits per heavy atom. The van der Waals surface area contributed by atoms with Gasteiger partial charge in [0.2, 0.25) is 0 Å². The SMILES string of the molecule is O=C(O)c1cn(CC(O)c2ccc(Br)s2)nn1. The molecule has 1 atom stereocenters. The molecular formula is C9H8BrN3O3S. The summed E-state index contributed by atoms with van der Waals surface area (Å²) in [6.45, 7) is 0.174. The molecule has 0 bridgehead atoms. The highest BCUT2D eigenvalue weighted by Gasteiger charge is 2.14. The van der Waals surface area contributed by atoms with E-state index < -0.39 is 12.1 Å². The number of rotatable bonds is 4. The van der Waals surface area contributed by atoms with Gasteiger partial charge in [-0.3, -0.25) is 0 Å². The van der Waals surface area contributed by atoms with E-state index in [1.165, 1.54) is 22.2 Å². The van der Waals surface area contributed by atoms with Gasteiger partial charge in [0.1, 0.15) is 6.10 Å². The average molecular weight is 318 g/mol. The Bertz CT molecular complexity index is 539. The first-order chi connectivity index (χ1) is 8.06. The molecule has 0 saturated carbocycles. The fraction of sp³-hybridized carbons (Fsp3) is 0.222. The van der Waals surface area contributed by atoms with E-state index in [2.05, 4.69) is 26.2 Å². The van der Waals surface area contributed by atoms with Gasteiger partial charge in [-0.15, -0.1) is 16.4 Å². The van der Waals surface area contributed by atoms with Crippen molar-refractivity contribution in [3.63, 3.8) is 0 Å². The van der Waals surface area contributed by atoms with Gasteiger partial charge in [0.05, 0.1) is 16.5 Å². The van der Waals surface area contributed by atoms with Gasteiger partial charge in [0.15, 0.2) is 5.69 Å². The molecule has 0 aliphatic carbocycles. The smallest absolute Gasteiger partial charge is 0.358 e. The molecular weight excluding hydrogens is 310 g/mol. The molecule has 6 nitrogen and oxygen atoms in total. The van der Waals surface area contributed by atoms with Crippen molar-refractivity contribution in [3.8, 4) is 0 Å². The maximum absolute atomic E-state index is 10.6. The Balaban J connectivity index is 2.07. The molecule has 2 aromatic rings. The lowest BCUT2D eigenvalue weighted by atomic mass is 10.3. The van der Waals surface area contributed by atoms with E-state index >= 15 is 0 Å². The van der Waals surface area contributed by atoms with Crippen molar-refractivity contribution < 1.29 is 15.0 Å². The van der Waals surface area contributed by atoms with Crippen LogP contribution >= 0.6 is 27.3 Å². The lowest BCUT2D eigenvalue weighted by Crippen LogP contribution is -2.08. The first-order valence-electron chi connectivity index (χ1n) is 4.63. The summed E-state index contributed by atoms with van der Waals surface area (Å²) >= 11 is 4.72. The molecule has 0 amide bonds. The van der Waals surface area contributed by atoms with Crippen molar-refractivity contribution in [2.45, 2.75) is 12.6 Å². The third kappa shape index (κ3) is 2.90. The number of aliphatic hydroxyl groups excluding tert-OH is 1. The number of aromatic carboxylic acids is 1. The Morgan fingerprint density at radius 1 is 1.59 bits per heavy atom.